The lowest BCUT2D eigenvalue weighted by Crippen LogP contribution is -2.74. The van der Waals surface area contributed by atoms with Gasteiger partial charge in [-0.25, -0.2) is 9.97 Å². The molecule has 0 aliphatic heterocycles. The van der Waals surface area contributed by atoms with Crippen LogP contribution in [-0.2, 0) is 0 Å². The van der Waals surface area contributed by atoms with Gasteiger partial charge in [-0.1, -0.05) is 189 Å². The van der Waals surface area contributed by atoms with Gasteiger partial charge >= 0.3 is 0 Å². The summed E-state index contributed by atoms with van der Waals surface area (Å²) in [6.07, 6.45) is 6.19. The van der Waals surface area contributed by atoms with Crippen LogP contribution in [0.25, 0.3) is 67.9 Å². The second-order valence-corrected chi connectivity index (χ2v) is 18.4. The summed E-state index contributed by atoms with van der Waals surface area (Å²) in [4.78, 5) is 11.0. The molecule has 0 atom stereocenters. The number of hydrogen-bond acceptors (Lipinski definition) is 2. The van der Waals surface area contributed by atoms with Crippen molar-refractivity contribution in [1.29, 1.82) is 0 Å². The number of hydrogen-bond donors (Lipinski definition) is 0. The van der Waals surface area contributed by atoms with E-state index in [1.807, 2.05) is 6.08 Å². The molecule has 0 unspecified atom stereocenters. The quantitative estimate of drug-likeness (QED) is 0.109. The van der Waals surface area contributed by atoms with Gasteiger partial charge in [-0.3, -0.25) is 9.13 Å². The third-order valence-electron chi connectivity index (χ3n) is 11.4. The second kappa shape index (κ2) is 14.6. The van der Waals surface area contributed by atoms with E-state index in [1.165, 1.54) is 31.5 Å². The first-order valence-corrected chi connectivity index (χ1v) is 21.7. The average molecular weight is 761 g/mol. The van der Waals surface area contributed by atoms with Gasteiger partial charge in [0.2, 0.25) is 0 Å². The molecule has 0 amide bonds. The Balaban J connectivity index is 1.30. The highest BCUT2D eigenvalue weighted by atomic mass is 28.3. The lowest BCUT2D eigenvalue weighted by molar-refractivity contribution is 0.972. The van der Waals surface area contributed by atoms with Gasteiger partial charge in [-0.15, -0.1) is 0 Å². The summed E-state index contributed by atoms with van der Waals surface area (Å²) >= 11 is 0. The molecule has 7 aromatic carbocycles. The first-order valence-electron chi connectivity index (χ1n) is 19.7. The van der Waals surface area contributed by atoms with Crippen molar-refractivity contribution in [3.63, 3.8) is 0 Å². The second-order valence-electron chi connectivity index (χ2n) is 14.6. The fraction of sp³-hybridized carbons (Fsp3) is 0.0189. The highest BCUT2D eigenvalue weighted by Gasteiger charge is 2.41. The van der Waals surface area contributed by atoms with E-state index in [-0.39, 0.29) is 0 Å². The van der Waals surface area contributed by atoms with E-state index in [9.17, 15) is 0 Å². The van der Waals surface area contributed by atoms with Crippen LogP contribution in [0.15, 0.2) is 207 Å². The highest BCUT2D eigenvalue weighted by Crippen LogP contribution is 2.35. The summed E-state index contributed by atoms with van der Waals surface area (Å²) in [5.41, 5.74) is 6.28. The van der Waals surface area contributed by atoms with Crippen molar-refractivity contribution in [2.75, 3.05) is 0 Å². The van der Waals surface area contributed by atoms with Crippen LogP contribution in [0.4, 0.5) is 0 Å². The molecule has 58 heavy (non-hydrogen) atoms. The summed E-state index contributed by atoms with van der Waals surface area (Å²) in [6.45, 7) is 6.30. The molecule has 4 nitrogen and oxygen atoms in total. The molecular formula is C53H40N4Si. The summed E-state index contributed by atoms with van der Waals surface area (Å²) < 4.78 is 4.55. The fourth-order valence-electron chi connectivity index (χ4n) is 8.97. The number of benzene rings is 7. The maximum Gasteiger partial charge on any atom is 0.179 e. The predicted octanol–water partition coefficient (Wildman–Crippen LogP) is 10.2. The van der Waals surface area contributed by atoms with Crippen molar-refractivity contribution in [3.05, 3.63) is 218 Å². The predicted molar refractivity (Wildman–Crippen MR) is 247 cm³/mol. The Bertz CT molecular complexity index is 2990. The third-order valence-corrected chi connectivity index (χ3v) is 16.2. The molecule has 10 rings (SSSR count). The van der Waals surface area contributed by atoms with E-state index >= 15 is 0 Å². The van der Waals surface area contributed by atoms with Crippen LogP contribution in [0.2, 0.25) is 0 Å². The number of nitrogens with zero attached hydrogens (tertiary/aromatic N) is 4. The van der Waals surface area contributed by atoms with Gasteiger partial charge in [0.15, 0.2) is 13.9 Å². The van der Waals surface area contributed by atoms with Crippen LogP contribution in [0.3, 0.4) is 0 Å². The van der Waals surface area contributed by atoms with Gasteiger partial charge in [-0.05, 0) is 51.9 Å². The Kier molecular flexibility index (Phi) is 8.85. The minimum Gasteiger partial charge on any atom is -0.294 e. The van der Waals surface area contributed by atoms with Gasteiger partial charge in [0.25, 0.3) is 0 Å². The van der Waals surface area contributed by atoms with Crippen molar-refractivity contribution in [1.82, 2.24) is 19.1 Å². The van der Waals surface area contributed by atoms with Gasteiger partial charge in [0, 0.05) is 33.4 Å². The van der Waals surface area contributed by atoms with Crippen LogP contribution in [0.1, 0.15) is 18.2 Å². The van der Waals surface area contributed by atoms with Gasteiger partial charge in [0.05, 0.1) is 22.2 Å². The Hall–Kier alpha value is -7.34. The van der Waals surface area contributed by atoms with E-state index in [2.05, 4.69) is 229 Å². The normalized spacial score (nSPS) is 11.9. The van der Waals surface area contributed by atoms with E-state index in [1.54, 1.807) is 0 Å². The number of allylic oxidation sites excluding steroid dienone is 1. The third kappa shape index (κ3) is 5.59. The smallest absolute Gasteiger partial charge is 0.179 e. The monoisotopic (exact) mass is 760 g/mol. The Labute approximate surface area is 339 Å². The van der Waals surface area contributed by atoms with Crippen molar-refractivity contribution in [2.45, 2.75) is 6.92 Å². The van der Waals surface area contributed by atoms with Crippen LogP contribution >= 0.6 is 0 Å². The summed E-state index contributed by atoms with van der Waals surface area (Å²) in [7, 11) is -2.82. The maximum atomic E-state index is 5.51. The first-order chi connectivity index (χ1) is 28.7. The topological polar surface area (TPSA) is 35.6 Å². The van der Waals surface area contributed by atoms with Crippen molar-refractivity contribution < 1.29 is 0 Å². The number of fused-ring (bicyclic) bond motifs is 4. The lowest BCUT2D eigenvalue weighted by atomic mass is 10.1. The van der Waals surface area contributed by atoms with Crippen molar-refractivity contribution in [3.8, 4) is 23.0 Å². The van der Waals surface area contributed by atoms with Gasteiger partial charge < -0.3 is 0 Å². The minimum absolute atomic E-state index is 0.651. The molecule has 0 radical (unpaired) electrons. The molecule has 0 N–H and O–H groups in total. The van der Waals surface area contributed by atoms with Gasteiger partial charge in [-0.2, -0.15) is 0 Å². The summed E-state index contributed by atoms with van der Waals surface area (Å²) in [5.74, 6) is 2.23. The first kappa shape index (κ1) is 35.1. The van der Waals surface area contributed by atoms with Gasteiger partial charge in [0.1, 0.15) is 11.6 Å². The summed E-state index contributed by atoms with van der Waals surface area (Å²) in [6, 6.07) is 69.9. The molecule has 0 spiro atoms. The van der Waals surface area contributed by atoms with Crippen LogP contribution in [-0.4, -0.2) is 27.2 Å². The molecule has 0 aliphatic rings. The molecule has 0 bridgehead atoms. The van der Waals surface area contributed by atoms with Crippen molar-refractivity contribution in [2.24, 2.45) is 0 Å². The molecule has 3 aromatic heterocycles. The zero-order valence-corrected chi connectivity index (χ0v) is 33.2. The molecule has 276 valence electrons. The number of para-hydroxylation sites is 3. The van der Waals surface area contributed by atoms with E-state index in [0.717, 1.165) is 50.4 Å². The summed E-state index contributed by atoms with van der Waals surface area (Å²) in [5, 5.41) is 8.69. The van der Waals surface area contributed by atoms with Crippen LogP contribution in [0.5, 0.6) is 0 Å². The molecule has 10 aromatic rings. The Morgan fingerprint density at radius 1 is 0.466 bits per heavy atom. The molecule has 0 fully saturated rings. The largest absolute Gasteiger partial charge is 0.294 e. The fourth-order valence-corrected chi connectivity index (χ4v) is 13.8. The lowest BCUT2D eigenvalue weighted by Gasteiger charge is -2.34. The van der Waals surface area contributed by atoms with E-state index in [0.29, 0.717) is 5.82 Å². The number of aromatic nitrogens is 4. The zero-order valence-electron chi connectivity index (χ0n) is 32.2. The highest BCUT2D eigenvalue weighted by molar-refractivity contribution is 7.19. The Morgan fingerprint density at radius 3 is 1.43 bits per heavy atom. The molecule has 0 saturated heterocycles. The molecule has 0 aliphatic carbocycles. The van der Waals surface area contributed by atoms with Crippen LogP contribution < -0.4 is 20.7 Å². The Morgan fingerprint density at radius 2 is 0.914 bits per heavy atom. The molecular weight excluding hydrogens is 721 g/mol. The standard InChI is InChI=1S/C53H40N4Si/c1-3-21-47-43(4-2)44-30-14-17-33-48(44)56(47)51-37-52(57-49-34-18-15-31-45(49)46-32-16-19-35-50(46)57)55-53(54-51)38-22-20-29-42(36-38)58(39-23-8-5-9-24-39,40-25-10-6-11-26-40)41-27-12-7-13-28-41/h3-37H,2H2,1H3/b21-3-. The van der Waals surface area contributed by atoms with E-state index < -0.39 is 8.07 Å². The number of rotatable bonds is 9. The zero-order chi connectivity index (χ0) is 39.1. The molecule has 3 heterocycles. The molecule has 5 heteroatoms. The maximum absolute atomic E-state index is 5.51. The van der Waals surface area contributed by atoms with E-state index in [4.69, 9.17) is 9.97 Å². The average Bonchev–Trinajstić information content (AvgIpc) is 3.80. The van der Waals surface area contributed by atoms with Crippen LogP contribution in [0, 0.1) is 0 Å². The minimum atomic E-state index is -2.82. The SMILES string of the molecule is C=Cc1c(/C=C\C)n(-c2cc(-n3c4ccccc4c4ccccc43)nc(-c3cccc([Si](c4ccccc4)(c4ccccc4)c4ccccc4)c3)n2)c2ccccc12. The molecule has 0 saturated carbocycles. The van der Waals surface area contributed by atoms with Crippen molar-refractivity contribution >= 4 is 73.7 Å².